The van der Waals surface area contributed by atoms with E-state index in [-0.39, 0.29) is 5.91 Å². The smallest absolute Gasteiger partial charge is 0.236 e. The highest BCUT2D eigenvalue weighted by Gasteiger charge is 2.23. The van der Waals surface area contributed by atoms with Gasteiger partial charge in [-0.25, -0.2) is 0 Å². The van der Waals surface area contributed by atoms with Crippen molar-refractivity contribution in [1.82, 2.24) is 10.2 Å². The minimum absolute atomic E-state index is 0.236. The van der Waals surface area contributed by atoms with Gasteiger partial charge >= 0.3 is 0 Å². The number of carbonyl (C=O) groups excluding carboxylic acids is 1. The lowest BCUT2D eigenvalue weighted by Crippen LogP contribution is -2.41. The average molecular weight is 240 g/mol. The largest absolute Gasteiger partial charge is 0.381 e. The number of amides is 1. The second-order valence-electron chi connectivity index (χ2n) is 5.24. The van der Waals surface area contributed by atoms with Crippen molar-refractivity contribution in [3.8, 4) is 0 Å². The van der Waals surface area contributed by atoms with Crippen LogP contribution in [0.1, 0.15) is 26.2 Å². The van der Waals surface area contributed by atoms with Crippen molar-refractivity contribution in [2.24, 2.45) is 11.8 Å². The van der Waals surface area contributed by atoms with Crippen molar-refractivity contribution in [3.05, 3.63) is 0 Å². The van der Waals surface area contributed by atoms with Gasteiger partial charge in [-0.3, -0.25) is 4.79 Å². The Morgan fingerprint density at radius 3 is 2.76 bits per heavy atom. The Hall–Kier alpha value is -0.610. The lowest BCUT2D eigenvalue weighted by molar-refractivity contribution is -0.130. The standard InChI is InChI=1S/C13H24N2O2/c1-2-15(9-12-5-6-17-10-12)13(16)8-14-7-11-3-4-11/h11-12,14H,2-10H2,1H3. The molecular weight excluding hydrogens is 216 g/mol. The first-order valence-electron chi connectivity index (χ1n) is 6.85. The Morgan fingerprint density at radius 2 is 2.18 bits per heavy atom. The van der Waals surface area contributed by atoms with Gasteiger partial charge in [0.25, 0.3) is 0 Å². The van der Waals surface area contributed by atoms with Crippen molar-refractivity contribution in [2.45, 2.75) is 26.2 Å². The summed E-state index contributed by atoms with van der Waals surface area (Å²) >= 11 is 0. The Bertz CT molecular complexity index is 248. The van der Waals surface area contributed by atoms with E-state index in [2.05, 4.69) is 12.2 Å². The van der Waals surface area contributed by atoms with Crippen molar-refractivity contribution < 1.29 is 9.53 Å². The first-order valence-corrected chi connectivity index (χ1v) is 6.85. The Morgan fingerprint density at radius 1 is 1.35 bits per heavy atom. The molecule has 0 radical (unpaired) electrons. The molecule has 1 saturated heterocycles. The molecule has 0 spiro atoms. The van der Waals surface area contributed by atoms with Crippen LogP contribution in [0.5, 0.6) is 0 Å². The number of nitrogens with zero attached hydrogens (tertiary/aromatic N) is 1. The van der Waals surface area contributed by atoms with Crippen LogP contribution in [0.2, 0.25) is 0 Å². The van der Waals surface area contributed by atoms with E-state index in [0.29, 0.717) is 12.5 Å². The molecular formula is C13H24N2O2. The monoisotopic (exact) mass is 240 g/mol. The van der Waals surface area contributed by atoms with E-state index in [9.17, 15) is 4.79 Å². The lowest BCUT2D eigenvalue weighted by Gasteiger charge is -2.24. The van der Waals surface area contributed by atoms with E-state index in [1.54, 1.807) is 0 Å². The van der Waals surface area contributed by atoms with E-state index in [1.807, 2.05) is 4.90 Å². The van der Waals surface area contributed by atoms with E-state index in [4.69, 9.17) is 4.74 Å². The molecule has 4 heteroatoms. The molecule has 2 fully saturated rings. The second-order valence-corrected chi connectivity index (χ2v) is 5.24. The molecule has 1 atom stereocenters. The van der Waals surface area contributed by atoms with Crippen LogP contribution in [0.3, 0.4) is 0 Å². The van der Waals surface area contributed by atoms with Gasteiger partial charge in [-0.15, -0.1) is 0 Å². The predicted molar refractivity (Wildman–Crippen MR) is 66.8 cm³/mol. The molecule has 2 rings (SSSR count). The molecule has 1 aliphatic heterocycles. The fourth-order valence-electron chi connectivity index (χ4n) is 2.26. The topological polar surface area (TPSA) is 41.6 Å². The average Bonchev–Trinajstić information content (AvgIpc) is 3.01. The number of likely N-dealkylation sites (N-methyl/N-ethyl adjacent to an activating group) is 1. The normalized spacial score (nSPS) is 23.9. The minimum atomic E-state index is 0.236. The molecule has 1 N–H and O–H groups in total. The Kier molecular flexibility index (Phi) is 4.80. The van der Waals surface area contributed by atoms with Crippen molar-refractivity contribution in [2.75, 3.05) is 39.4 Å². The van der Waals surface area contributed by atoms with Crippen molar-refractivity contribution >= 4 is 5.91 Å². The molecule has 1 amide bonds. The van der Waals surface area contributed by atoms with Crippen LogP contribution in [0.25, 0.3) is 0 Å². The molecule has 1 unspecified atom stereocenters. The van der Waals surface area contributed by atoms with Gasteiger partial charge in [-0.2, -0.15) is 0 Å². The van der Waals surface area contributed by atoms with E-state index in [0.717, 1.165) is 45.2 Å². The number of rotatable bonds is 7. The number of hydrogen-bond donors (Lipinski definition) is 1. The lowest BCUT2D eigenvalue weighted by atomic mass is 10.1. The summed E-state index contributed by atoms with van der Waals surface area (Å²) in [6.07, 6.45) is 3.76. The van der Waals surface area contributed by atoms with Crippen molar-refractivity contribution in [3.63, 3.8) is 0 Å². The van der Waals surface area contributed by atoms with Gasteiger partial charge in [0.2, 0.25) is 5.91 Å². The molecule has 0 aromatic heterocycles. The van der Waals surface area contributed by atoms with Crippen LogP contribution >= 0.6 is 0 Å². The SMILES string of the molecule is CCN(CC1CCOC1)C(=O)CNCC1CC1. The number of ether oxygens (including phenoxy) is 1. The molecule has 1 aliphatic carbocycles. The van der Waals surface area contributed by atoms with Gasteiger partial charge in [0, 0.05) is 25.6 Å². The maximum absolute atomic E-state index is 12.0. The summed E-state index contributed by atoms with van der Waals surface area (Å²) < 4.78 is 5.35. The van der Waals surface area contributed by atoms with Gasteiger partial charge in [-0.05, 0) is 38.6 Å². The molecule has 0 aromatic rings. The van der Waals surface area contributed by atoms with Crippen LogP contribution in [0.4, 0.5) is 0 Å². The number of hydrogen-bond acceptors (Lipinski definition) is 3. The fourth-order valence-corrected chi connectivity index (χ4v) is 2.26. The van der Waals surface area contributed by atoms with E-state index in [1.165, 1.54) is 12.8 Å². The Labute approximate surface area is 104 Å². The minimum Gasteiger partial charge on any atom is -0.381 e. The van der Waals surface area contributed by atoms with Gasteiger partial charge in [0.05, 0.1) is 13.2 Å². The van der Waals surface area contributed by atoms with Crippen LogP contribution < -0.4 is 5.32 Å². The highest BCUT2D eigenvalue weighted by atomic mass is 16.5. The summed E-state index contributed by atoms with van der Waals surface area (Å²) in [5, 5.41) is 3.26. The fraction of sp³-hybridized carbons (Fsp3) is 0.923. The predicted octanol–water partition coefficient (Wildman–Crippen LogP) is 0.871. The third kappa shape index (κ3) is 4.28. The Balaban J connectivity index is 1.65. The second kappa shape index (κ2) is 6.36. The highest BCUT2D eigenvalue weighted by molar-refractivity contribution is 5.78. The molecule has 1 heterocycles. The number of carbonyl (C=O) groups is 1. The molecule has 0 aromatic carbocycles. The maximum atomic E-state index is 12.0. The summed E-state index contributed by atoms with van der Waals surface area (Å²) in [5.41, 5.74) is 0. The third-order valence-corrected chi connectivity index (χ3v) is 3.64. The van der Waals surface area contributed by atoms with Crippen LogP contribution in [-0.2, 0) is 9.53 Å². The zero-order valence-corrected chi connectivity index (χ0v) is 10.8. The maximum Gasteiger partial charge on any atom is 0.236 e. The first-order chi connectivity index (χ1) is 8.29. The van der Waals surface area contributed by atoms with Crippen LogP contribution in [-0.4, -0.2) is 50.2 Å². The molecule has 0 bridgehead atoms. The van der Waals surface area contributed by atoms with Crippen LogP contribution in [0.15, 0.2) is 0 Å². The summed E-state index contributed by atoms with van der Waals surface area (Å²) in [6, 6.07) is 0. The molecule has 17 heavy (non-hydrogen) atoms. The number of nitrogens with one attached hydrogen (secondary N) is 1. The highest BCUT2D eigenvalue weighted by Crippen LogP contribution is 2.27. The zero-order chi connectivity index (χ0) is 12.1. The van der Waals surface area contributed by atoms with E-state index < -0.39 is 0 Å². The van der Waals surface area contributed by atoms with Crippen LogP contribution in [0, 0.1) is 11.8 Å². The summed E-state index contributed by atoms with van der Waals surface area (Å²) in [6.45, 7) is 6.90. The molecule has 2 aliphatic rings. The summed E-state index contributed by atoms with van der Waals surface area (Å²) in [4.78, 5) is 13.9. The van der Waals surface area contributed by atoms with Gasteiger partial charge in [-0.1, -0.05) is 0 Å². The molecule has 4 nitrogen and oxygen atoms in total. The van der Waals surface area contributed by atoms with Gasteiger partial charge < -0.3 is 15.0 Å². The third-order valence-electron chi connectivity index (χ3n) is 3.64. The molecule has 1 saturated carbocycles. The van der Waals surface area contributed by atoms with E-state index >= 15 is 0 Å². The summed E-state index contributed by atoms with van der Waals surface area (Å²) in [5.74, 6) is 1.61. The van der Waals surface area contributed by atoms with Gasteiger partial charge in [0.15, 0.2) is 0 Å². The quantitative estimate of drug-likeness (QED) is 0.718. The van der Waals surface area contributed by atoms with Gasteiger partial charge in [0.1, 0.15) is 0 Å². The first kappa shape index (κ1) is 12.8. The zero-order valence-electron chi connectivity index (χ0n) is 10.8. The van der Waals surface area contributed by atoms with Crippen molar-refractivity contribution in [1.29, 1.82) is 0 Å². The summed E-state index contributed by atoms with van der Waals surface area (Å²) in [7, 11) is 0. The molecule has 98 valence electrons.